The maximum absolute atomic E-state index is 13.3. The molecule has 1 aromatic carbocycles. The van der Waals surface area contributed by atoms with Crippen LogP contribution in [0.5, 0.6) is 0 Å². The van der Waals surface area contributed by atoms with Gasteiger partial charge in [-0.2, -0.15) is 0 Å². The standard InChI is InChI=1S/C30H43N2O4/c1-22(2)19-27(26-11-8-13-31-21-26)30(35-6,12-16-34-5)28(23(3)4)24-9-7-10-25(20-24)29(33)32-14-17-36-18-15-32/h7-11,13,20-23,28H,12,14-19H2,1-6H3. The molecule has 1 saturated heterocycles. The number of amides is 1. The zero-order valence-electron chi connectivity index (χ0n) is 22.8. The number of hydrogen-bond donors (Lipinski definition) is 0. The van der Waals surface area contributed by atoms with E-state index in [1.807, 2.05) is 36.4 Å². The Kier molecular flexibility index (Phi) is 10.5. The molecule has 197 valence electrons. The van der Waals surface area contributed by atoms with Crippen molar-refractivity contribution in [3.8, 4) is 0 Å². The van der Waals surface area contributed by atoms with E-state index >= 15 is 0 Å². The summed E-state index contributed by atoms with van der Waals surface area (Å²) in [5, 5.41) is 0. The molecule has 0 aliphatic carbocycles. The molecule has 0 bridgehead atoms. The summed E-state index contributed by atoms with van der Waals surface area (Å²) < 4.78 is 17.7. The van der Waals surface area contributed by atoms with Crippen LogP contribution in [0.2, 0.25) is 0 Å². The first-order valence-electron chi connectivity index (χ1n) is 13.1. The minimum absolute atomic E-state index is 0.00375. The number of ether oxygens (including phenoxy) is 3. The summed E-state index contributed by atoms with van der Waals surface area (Å²) in [6, 6.07) is 12.2. The highest BCUT2D eigenvalue weighted by Gasteiger charge is 2.49. The molecule has 6 nitrogen and oxygen atoms in total. The van der Waals surface area contributed by atoms with Gasteiger partial charge < -0.3 is 19.1 Å². The smallest absolute Gasteiger partial charge is 0.254 e. The normalized spacial score (nSPS) is 17.0. The fourth-order valence-corrected chi connectivity index (χ4v) is 5.59. The van der Waals surface area contributed by atoms with Gasteiger partial charge in [0.05, 0.1) is 18.8 Å². The van der Waals surface area contributed by atoms with Crippen LogP contribution in [0.1, 0.15) is 67.9 Å². The van der Waals surface area contributed by atoms with Gasteiger partial charge >= 0.3 is 0 Å². The monoisotopic (exact) mass is 495 g/mol. The maximum atomic E-state index is 13.3. The summed E-state index contributed by atoms with van der Waals surface area (Å²) in [6.07, 6.45) is 5.31. The molecule has 0 saturated carbocycles. The molecule has 1 amide bonds. The van der Waals surface area contributed by atoms with Crippen molar-refractivity contribution in [2.24, 2.45) is 11.8 Å². The van der Waals surface area contributed by atoms with Crippen molar-refractivity contribution in [3.63, 3.8) is 0 Å². The van der Waals surface area contributed by atoms with Crippen molar-refractivity contribution in [2.75, 3.05) is 47.1 Å². The van der Waals surface area contributed by atoms with Crippen molar-refractivity contribution in [1.29, 1.82) is 0 Å². The third kappa shape index (κ3) is 6.53. The van der Waals surface area contributed by atoms with Gasteiger partial charge in [0, 0.05) is 70.1 Å². The summed E-state index contributed by atoms with van der Waals surface area (Å²) in [7, 11) is 3.54. The number of rotatable bonds is 12. The lowest BCUT2D eigenvalue weighted by atomic mass is 9.63. The molecular weight excluding hydrogens is 452 g/mol. The molecule has 0 spiro atoms. The van der Waals surface area contributed by atoms with E-state index in [9.17, 15) is 4.79 Å². The quantitative estimate of drug-likeness (QED) is 0.395. The van der Waals surface area contributed by atoms with Crippen molar-refractivity contribution < 1.29 is 19.0 Å². The Bertz CT molecular complexity index is 943. The van der Waals surface area contributed by atoms with Crippen LogP contribution < -0.4 is 0 Å². The number of pyridine rings is 1. The maximum Gasteiger partial charge on any atom is 0.254 e. The summed E-state index contributed by atoms with van der Waals surface area (Å²) >= 11 is 0. The molecule has 0 N–H and O–H groups in total. The third-order valence-electron chi connectivity index (χ3n) is 7.14. The second kappa shape index (κ2) is 13.3. The van der Waals surface area contributed by atoms with Crippen molar-refractivity contribution in [1.82, 2.24) is 9.88 Å². The second-order valence-corrected chi connectivity index (χ2v) is 10.4. The molecule has 1 aromatic heterocycles. The fourth-order valence-electron chi connectivity index (χ4n) is 5.59. The molecule has 2 atom stereocenters. The highest BCUT2D eigenvalue weighted by molar-refractivity contribution is 5.94. The van der Waals surface area contributed by atoms with Crippen LogP contribution in [0, 0.1) is 17.8 Å². The Balaban J connectivity index is 2.12. The average Bonchev–Trinajstić information content (AvgIpc) is 2.90. The van der Waals surface area contributed by atoms with Crippen molar-refractivity contribution in [3.05, 3.63) is 71.4 Å². The number of aromatic nitrogens is 1. The van der Waals surface area contributed by atoms with Crippen LogP contribution in [-0.4, -0.2) is 68.5 Å². The molecule has 1 radical (unpaired) electrons. The van der Waals surface area contributed by atoms with E-state index in [1.165, 1.54) is 5.92 Å². The topological polar surface area (TPSA) is 60.9 Å². The first kappa shape index (κ1) is 28.3. The second-order valence-electron chi connectivity index (χ2n) is 10.4. The zero-order valence-corrected chi connectivity index (χ0v) is 22.8. The molecule has 1 aliphatic rings. The van der Waals surface area contributed by atoms with Crippen LogP contribution in [0.15, 0.2) is 48.8 Å². The molecule has 2 heterocycles. The van der Waals surface area contributed by atoms with E-state index < -0.39 is 5.60 Å². The minimum atomic E-state index is -0.627. The van der Waals surface area contributed by atoms with E-state index in [0.29, 0.717) is 50.8 Å². The zero-order chi connectivity index (χ0) is 26.1. The number of benzene rings is 1. The van der Waals surface area contributed by atoms with Gasteiger partial charge in [0.2, 0.25) is 0 Å². The Hall–Kier alpha value is -2.28. The molecule has 6 heteroatoms. The van der Waals surface area contributed by atoms with Crippen LogP contribution in [0.4, 0.5) is 0 Å². The number of hydrogen-bond acceptors (Lipinski definition) is 5. The number of carbonyl (C=O) groups excluding carboxylic acids is 1. The van der Waals surface area contributed by atoms with E-state index in [2.05, 4.69) is 50.9 Å². The first-order valence-corrected chi connectivity index (χ1v) is 13.1. The largest absolute Gasteiger partial charge is 0.385 e. The average molecular weight is 496 g/mol. The molecule has 3 rings (SSSR count). The van der Waals surface area contributed by atoms with E-state index in [1.54, 1.807) is 13.3 Å². The Morgan fingerprint density at radius 3 is 2.39 bits per heavy atom. The van der Waals surface area contributed by atoms with Crippen LogP contribution in [0.25, 0.3) is 0 Å². The van der Waals surface area contributed by atoms with Gasteiger partial charge in [-0.05, 0) is 47.6 Å². The van der Waals surface area contributed by atoms with E-state index in [0.717, 1.165) is 17.5 Å². The van der Waals surface area contributed by atoms with Crippen LogP contribution in [0.3, 0.4) is 0 Å². The Labute approximate surface area is 217 Å². The number of methoxy groups -OCH3 is 2. The van der Waals surface area contributed by atoms with Gasteiger partial charge in [-0.1, -0.05) is 45.9 Å². The minimum Gasteiger partial charge on any atom is -0.385 e. The van der Waals surface area contributed by atoms with Gasteiger partial charge in [0.25, 0.3) is 5.91 Å². The van der Waals surface area contributed by atoms with Gasteiger partial charge in [0.1, 0.15) is 0 Å². The fraction of sp³-hybridized carbons (Fsp3) is 0.567. The van der Waals surface area contributed by atoms with Crippen LogP contribution >= 0.6 is 0 Å². The SMILES string of the molecule is COCCC(OC)([C](CC(C)C)c1cccnc1)C(c1cccc(C(=O)N2CCOCC2)c1)C(C)C. The van der Waals surface area contributed by atoms with E-state index in [-0.39, 0.29) is 17.7 Å². The first-order chi connectivity index (χ1) is 17.3. The lowest BCUT2D eigenvalue weighted by Crippen LogP contribution is -2.48. The molecular formula is C30H43N2O4. The van der Waals surface area contributed by atoms with Crippen LogP contribution in [-0.2, 0) is 14.2 Å². The van der Waals surface area contributed by atoms with Crippen molar-refractivity contribution >= 4 is 5.91 Å². The van der Waals surface area contributed by atoms with Crippen molar-refractivity contribution in [2.45, 2.75) is 52.1 Å². The predicted molar refractivity (Wildman–Crippen MR) is 143 cm³/mol. The lowest BCUT2D eigenvalue weighted by molar-refractivity contribution is -0.0529. The highest BCUT2D eigenvalue weighted by Crippen LogP contribution is 2.50. The Morgan fingerprint density at radius 1 is 1.08 bits per heavy atom. The number of nitrogens with zero attached hydrogens (tertiary/aromatic N) is 2. The predicted octanol–water partition coefficient (Wildman–Crippen LogP) is 5.38. The van der Waals surface area contributed by atoms with E-state index in [4.69, 9.17) is 14.2 Å². The molecule has 1 fully saturated rings. The highest BCUT2D eigenvalue weighted by atomic mass is 16.5. The summed E-state index contributed by atoms with van der Waals surface area (Å²) in [4.78, 5) is 19.7. The number of carbonyl (C=O) groups is 1. The molecule has 36 heavy (non-hydrogen) atoms. The summed E-state index contributed by atoms with van der Waals surface area (Å²) in [6.45, 7) is 11.9. The van der Waals surface area contributed by atoms with Gasteiger partial charge in [-0.15, -0.1) is 0 Å². The number of morpholine rings is 1. The molecule has 2 aromatic rings. The van der Waals surface area contributed by atoms with Gasteiger partial charge in [-0.25, -0.2) is 0 Å². The summed E-state index contributed by atoms with van der Waals surface area (Å²) in [5.41, 5.74) is 2.28. The summed E-state index contributed by atoms with van der Waals surface area (Å²) in [5.74, 6) is 1.97. The molecule has 2 unspecified atom stereocenters. The van der Waals surface area contributed by atoms with Gasteiger partial charge in [0.15, 0.2) is 0 Å². The van der Waals surface area contributed by atoms with Gasteiger partial charge in [-0.3, -0.25) is 9.78 Å². The molecule has 1 aliphatic heterocycles. The third-order valence-corrected chi connectivity index (χ3v) is 7.14. The Morgan fingerprint density at radius 2 is 1.81 bits per heavy atom. The lowest BCUT2D eigenvalue weighted by Gasteiger charge is -2.48.